The lowest BCUT2D eigenvalue weighted by Gasteiger charge is -2.15. The molecule has 5 nitrogen and oxygen atoms in total. The second-order valence-corrected chi connectivity index (χ2v) is 5.86. The zero-order valence-electron chi connectivity index (χ0n) is 12.3. The first-order valence-corrected chi connectivity index (χ1v) is 7.91. The van der Waals surface area contributed by atoms with Crippen LogP contribution < -0.4 is 0 Å². The van der Waals surface area contributed by atoms with Crippen molar-refractivity contribution in [2.24, 2.45) is 7.05 Å². The summed E-state index contributed by atoms with van der Waals surface area (Å²) in [6.07, 6.45) is 3.84. The third-order valence-electron chi connectivity index (χ3n) is 4.14. The molecule has 0 radical (unpaired) electrons. The summed E-state index contributed by atoms with van der Waals surface area (Å²) in [5, 5.41) is 4.45. The van der Waals surface area contributed by atoms with Crippen LogP contribution in [0.4, 0.5) is 0 Å². The highest BCUT2D eigenvalue weighted by Crippen LogP contribution is 2.20. The number of rotatable bonds is 5. The van der Waals surface area contributed by atoms with E-state index in [0.717, 1.165) is 42.2 Å². The topological polar surface area (TPSA) is 38.9 Å². The Morgan fingerprint density at radius 3 is 2.65 bits per heavy atom. The summed E-state index contributed by atoms with van der Waals surface area (Å²) in [7, 11) is 1.98. The summed E-state index contributed by atoms with van der Waals surface area (Å²) >= 11 is 6.05. The smallest absolute Gasteiger partial charge is 0.158 e. The van der Waals surface area contributed by atoms with E-state index < -0.39 is 0 Å². The molecule has 20 heavy (non-hydrogen) atoms. The molecule has 2 aromatic heterocycles. The molecule has 1 fully saturated rings. The SMILES string of the molecule is Cc1nn(C)c2c1nc(CCl)n2CCCN1CCCC1. The first-order valence-electron chi connectivity index (χ1n) is 7.37. The largest absolute Gasteiger partial charge is 0.312 e. The minimum atomic E-state index is 0.456. The molecule has 3 heterocycles. The van der Waals surface area contributed by atoms with Gasteiger partial charge in [-0.1, -0.05) is 0 Å². The van der Waals surface area contributed by atoms with Gasteiger partial charge >= 0.3 is 0 Å². The van der Waals surface area contributed by atoms with Crippen LogP contribution in [0, 0.1) is 6.92 Å². The first-order chi connectivity index (χ1) is 9.70. The number of nitrogens with zero attached hydrogens (tertiary/aromatic N) is 5. The first kappa shape index (κ1) is 13.9. The van der Waals surface area contributed by atoms with Gasteiger partial charge in [0.2, 0.25) is 0 Å². The Labute approximate surface area is 124 Å². The van der Waals surface area contributed by atoms with Gasteiger partial charge in [0.05, 0.1) is 11.6 Å². The fraction of sp³-hybridized carbons (Fsp3) is 0.714. The quantitative estimate of drug-likeness (QED) is 0.795. The van der Waals surface area contributed by atoms with Crippen LogP contribution in [0.3, 0.4) is 0 Å². The molecular weight excluding hydrogens is 274 g/mol. The van der Waals surface area contributed by atoms with Crippen molar-refractivity contribution < 1.29 is 0 Å². The Morgan fingerprint density at radius 2 is 1.95 bits per heavy atom. The Morgan fingerprint density at radius 1 is 1.20 bits per heavy atom. The highest BCUT2D eigenvalue weighted by atomic mass is 35.5. The summed E-state index contributed by atoms with van der Waals surface area (Å²) < 4.78 is 4.15. The maximum Gasteiger partial charge on any atom is 0.158 e. The molecule has 0 bridgehead atoms. The maximum absolute atomic E-state index is 6.05. The van der Waals surface area contributed by atoms with Crippen molar-refractivity contribution in [1.82, 2.24) is 24.2 Å². The summed E-state index contributed by atoms with van der Waals surface area (Å²) in [4.78, 5) is 7.18. The minimum Gasteiger partial charge on any atom is -0.312 e. The van der Waals surface area contributed by atoms with Gasteiger partial charge in [-0.2, -0.15) is 5.10 Å². The third-order valence-corrected chi connectivity index (χ3v) is 4.38. The molecule has 0 spiro atoms. The summed E-state index contributed by atoms with van der Waals surface area (Å²) in [6.45, 7) is 6.65. The van der Waals surface area contributed by atoms with E-state index in [1.165, 1.54) is 25.9 Å². The van der Waals surface area contributed by atoms with Crippen LogP contribution in [0.2, 0.25) is 0 Å². The second kappa shape index (κ2) is 5.74. The minimum absolute atomic E-state index is 0.456. The predicted octanol–water partition coefficient (Wildman–Crippen LogP) is 2.30. The van der Waals surface area contributed by atoms with Crippen LogP contribution in [-0.4, -0.2) is 43.9 Å². The molecule has 3 rings (SSSR count). The Balaban J connectivity index is 1.78. The molecule has 0 unspecified atom stereocenters. The fourth-order valence-electron chi connectivity index (χ4n) is 3.18. The number of hydrogen-bond acceptors (Lipinski definition) is 3. The molecule has 1 saturated heterocycles. The van der Waals surface area contributed by atoms with E-state index in [0.29, 0.717) is 5.88 Å². The molecule has 6 heteroatoms. The normalized spacial score (nSPS) is 16.6. The predicted molar refractivity (Wildman–Crippen MR) is 81.1 cm³/mol. The number of fused-ring (bicyclic) bond motifs is 1. The molecule has 0 saturated carbocycles. The van der Waals surface area contributed by atoms with Crippen LogP contribution in [0.1, 0.15) is 30.8 Å². The molecule has 2 aromatic rings. The Bertz CT molecular complexity index is 594. The van der Waals surface area contributed by atoms with Crippen LogP contribution >= 0.6 is 11.6 Å². The summed E-state index contributed by atoms with van der Waals surface area (Å²) in [5.74, 6) is 1.41. The van der Waals surface area contributed by atoms with Crippen molar-refractivity contribution in [1.29, 1.82) is 0 Å². The van der Waals surface area contributed by atoms with E-state index in [1.807, 2.05) is 18.7 Å². The molecule has 0 amide bonds. The number of aryl methyl sites for hydroxylation is 3. The molecule has 1 aliphatic rings. The third kappa shape index (κ3) is 2.44. The van der Waals surface area contributed by atoms with Crippen LogP contribution in [0.25, 0.3) is 11.2 Å². The van der Waals surface area contributed by atoms with Gasteiger partial charge in [0.15, 0.2) is 5.65 Å². The van der Waals surface area contributed by atoms with Gasteiger partial charge in [0, 0.05) is 13.6 Å². The van der Waals surface area contributed by atoms with Crippen molar-refractivity contribution in [2.75, 3.05) is 19.6 Å². The van der Waals surface area contributed by atoms with Crippen molar-refractivity contribution in [3.63, 3.8) is 0 Å². The van der Waals surface area contributed by atoms with Crippen molar-refractivity contribution >= 4 is 22.8 Å². The molecule has 0 N–H and O–H groups in total. The van der Waals surface area contributed by atoms with Gasteiger partial charge in [-0.05, 0) is 45.8 Å². The van der Waals surface area contributed by atoms with Crippen molar-refractivity contribution in [3.05, 3.63) is 11.5 Å². The van der Waals surface area contributed by atoms with E-state index in [9.17, 15) is 0 Å². The molecule has 0 aliphatic carbocycles. The Hall–Kier alpha value is -1.07. The summed E-state index contributed by atoms with van der Waals surface area (Å²) in [5.41, 5.74) is 3.07. The number of aromatic nitrogens is 4. The number of imidazole rings is 1. The number of alkyl halides is 1. The molecule has 110 valence electrons. The lowest BCUT2D eigenvalue weighted by molar-refractivity contribution is 0.325. The number of likely N-dealkylation sites (tertiary alicyclic amines) is 1. The summed E-state index contributed by atoms with van der Waals surface area (Å²) in [6, 6.07) is 0. The maximum atomic E-state index is 6.05. The van der Waals surface area contributed by atoms with Gasteiger partial charge < -0.3 is 9.47 Å². The monoisotopic (exact) mass is 295 g/mol. The van der Waals surface area contributed by atoms with E-state index >= 15 is 0 Å². The highest BCUT2D eigenvalue weighted by molar-refractivity contribution is 6.16. The average molecular weight is 296 g/mol. The molecule has 0 aromatic carbocycles. The second-order valence-electron chi connectivity index (χ2n) is 5.60. The van der Waals surface area contributed by atoms with Gasteiger partial charge in [-0.25, -0.2) is 4.98 Å². The van der Waals surface area contributed by atoms with E-state index in [2.05, 4.69) is 19.5 Å². The number of hydrogen-bond donors (Lipinski definition) is 0. The lowest BCUT2D eigenvalue weighted by atomic mass is 10.3. The number of halogens is 1. The van der Waals surface area contributed by atoms with Gasteiger partial charge in [-0.3, -0.25) is 4.68 Å². The standard InChI is InChI=1S/C14H22ClN5/c1-11-13-14(18(2)17-11)20(12(10-15)16-13)9-5-8-19-6-3-4-7-19/h3-10H2,1-2H3. The van der Waals surface area contributed by atoms with E-state index in [-0.39, 0.29) is 0 Å². The lowest BCUT2D eigenvalue weighted by Crippen LogP contribution is -2.22. The molecule has 1 aliphatic heterocycles. The van der Waals surface area contributed by atoms with Gasteiger partial charge in [0.1, 0.15) is 11.3 Å². The molecular formula is C14H22ClN5. The van der Waals surface area contributed by atoms with Gasteiger partial charge in [-0.15, -0.1) is 11.6 Å². The van der Waals surface area contributed by atoms with Crippen LogP contribution in [0.15, 0.2) is 0 Å². The Kier molecular flexibility index (Phi) is 3.98. The zero-order chi connectivity index (χ0) is 14.1. The van der Waals surface area contributed by atoms with Crippen molar-refractivity contribution in [3.8, 4) is 0 Å². The van der Waals surface area contributed by atoms with Crippen molar-refractivity contribution in [2.45, 2.75) is 38.6 Å². The molecule has 0 atom stereocenters. The highest BCUT2D eigenvalue weighted by Gasteiger charge is 2.17. The van der Waals surface area contributed by atoms with Gasteiger partial charge in [0.25, 0.3) is 0 Å². The fourth-order valence-corrected chi connectivity index (χ4v) is 3.38. The van der Waals surface area contributed by atoms with E-state index in [1.54, 1.807) is 0 Å². The van der Waals surface area contributed by atoms with Crippen LogP contribution in [0.5, 0.6) is 0 Å². The van der Waals surface area contributed by atoms with Crippen LogP contribution in [-0.2, 0) is 19.5 Å². The average Bonchev–Trinajstić information content (AvgIpc) is 3.10. The van der Waals surface area contributed by atoms with E-state index in [4.69, 9.17) is 11.6 Å². The zero-order valence-corrected chi connectivity index (χ0v) is 13.0.